The summed E-state index contributed by atoms with van der Waals surface area (Å²) in [5.74, 6) is 0. The molecule has 0 bridgehead atoms. The van der Waals surface area contributed by atoms with Crippen LogP contribution >= 0.6 is 0 Å². The van der Waals surface area contributed by atoms with E-state index in [1.54, 1.807) is 6.92 Å². The Bertz CT molecular complexity index is 130. The topological polar surface area (TPSA) is 55.5 Å². The van der Waals surface area contributed by atoms with Crippen LogP contribution in [-0.2, 0) is 4.74 Å². The molecular weight excluding hydrogens is 154 g/mol. The third kappa shape index (κ3) is 2.44. The molecule has 1 fully saturated rings. The van der Waals surface area contributed by atoms with E-state index in [0.29, 0.717) is 13.2 Å². The number of ether oxygens (including phenoxy) is 1. The first-order valence-electron chi connectivity index (χ1n) is 4.71. The van der Waals surface area contributed by atoms with E-state index in [9.17, 15) is 0 Å². The Morgan fingerprint density at radius 1 is 1.50 bits per heavy atom. The first-order valence-corrected chi connectivity index (χ1v) is 4.71. The second-order valence-corrected chi connectivity index (χ2v) is 3.75. The molecule has 1 rings (SSSR count). The van der Waals surface area contributed by atoms with E-state index in [2.05, 4.69) is 0 Å². The van der Waals surface area contributed by atoms with Crippen molar-refractivity contribution in [1.29, 1.82) is 0 Å². The van der Waals surface area contributed by atoms with Crippen LogP contribution in [0, 0.1) is 0 Å². The second-order valence-electron chi connectivity index (χ2n) is 3.75. The molecular formula is C9H19NO2. The normalized spacial score (nSPS) is 24.2. The summed E-state index contributed by atoms with van der Waals surface area (Å²) in [7, 11) is 0. The Labute approximate surface area is 73.9 Å². The molecule has 0 aromatic carbocycles. The minimum atomic E-state index is -0.381. The lowest BCUT2D eigenvalue weighted by Crippen LogP contribution is -2.39. The van der Waals surface area contributed by atoms with Gasteiger partial charge in [-0.2, -0.15) is 0 Å². The van der Waals surface area contributed by atoms with Crippen molar-refractivity contribution in [2.45, 2.75) is 44.3 Å². The van der Waals surface area contributed by atoms with Gasteiger partial charge in [-0.25, -0.2) is 0 Å². The summed E-state index contributed by atoms with van der Waals surface area (Å²) in [6.45, 7) is 2.73. The van der Waals surface area contributed by atoms with Crippen LogP contribution in [0.15, 0.2) is 0 Å². The van der Waals surface area contributed by atoms with Crippen LogP contribution in [0.5, 0.6) is 0 Å². The van der Waals surface area contributed by atoms with Crippen LogP contribution in [0.2, 0.25) is 0 Å². The molecule has 12 heavy (non-hydrogen) atoms. The fraction of sp³-hybridized carbons (Fsp3) is 1.00. The molecule has 0 spiro atoms. The number of hydrogen-bond acceptors (Lipinski definition) is 3. The first-order chi connectivity index (χ1) is 5.68. The van der Waals surface area contributed by atoms with E-state index in [4.69, 9.17) is 15.6 Å². The first kappa shape index (κ1) is 9.96. The predicted octanol–water partition coefficient (Wildman–Crippen LogP) is 0.655. The number of rotatable bonds is 4. The van der Waals surface area contributed by atoms with Gasteiger partial charge in [0, 0.05) is 6.54 Å². The largest absolute Gasteiger partial charge is 0.391 e. The SMILES string of the molecule is CC(O)COC1(CN)CCCC1. The minimum absolute atomic E-state index is 0.114. The molecule has 3 nitrogen and oxygen atoms in total. The summed E-state index contributed by atoms with van der Waals surface area (Å²) >= 11 is 0. The zero-order valence-corrected chi connectivity index (χ0v) is 7.75. The van der Waals surface area contributed by atoms with E-state index in [1.807, 2.05) is 0 Å². The van der Waals surface area contributed by atoms with E-state index >= 15 is 0 Å². The average molecular weight is 173 g/mol. The van der Waals surface area contributed by atoms with Gasteiger partial charge in [0.1, 0.15) is 0 Å². The van der Waals surface area contributed by atoms with Crippen molar-refractivity contribution in [3.8, 4) is 0 Å². The highest BCUT2D eigenvalue weighted by molar-refractivity contribution is 4.87. The van der Waals surface area contributed by atoms with E-state index in [0.717, 1.165) is 12.8 Å². The third-order valence-electron chi connectivity index (χ3n) is 2.52. The molecule has 1 unspecified atom stereocenters. The maximum Gasteiger partial charge on any atom is 0.0805 e. The zero-order valence-electron chi connectivity index (χ0n) is 7.75. The Hall–Kier alpha value is -0.120. The smallest absolute Gasteiger partial charge is 0.0805 e. The van der Waals surface area contributed by atoms with Crippen molar-refractivity contribution in [2.24, 2.45) is 5.73 Å². The molecule has 3 heteroatoms. The molecule has 0 radical (unpaired) electrons. The lowest BCUT2D eigenvalue weighted by Gasteiger charge is -2.28. The van der Waals surface area contributed by atoms with Gasteiger partial charge in [0.15, 0.2) is 0 Å². The number of hydrogen-bond donors (Lipinski definition) is 2. The van der Waals surface area contributed by atoms with Crippen molar-refractivity contribution in [2.75, 3.05) is 13.2 Å². The van der Waals surface area contributed by atoms with Gasteiger partial charge < -0.3 is 15.6 Å². The van der Waals surface area contributed by atoms with Gasteiger partial charge in [-0.3, -0.25) is 0 Å². The van der Waals surface area contributed by atoms with Gasteiger partial charge in [-0.1, -0.05) is 12.8 Å². The van der Waals surface area contributed by atoms with Gasteiger partial charge in [-0.15, -0.1) is 0 Å². The van der Waals surface area contributed by atoms with Crippen molar-refractivity contribution < 1.29 is 9.84 Å². The number of aliphatic hydroxyl groups is 1. The summed E-state index contributed by atoms with van der Waals surface area (Å²) in [5, 5.41) is 9.06. The van der Waals surface area contributed by atoms with Crippen molar-refractivity contribution in [1.82, 2.24) is 0 Å². The molecule has 72 valence electrons. The molecule has 1 aliphatic carbocycles. The van der Waals surface area contributed by atoms with Crippen LogP contribution in [0.25, 0.3) is 0 Å². The quantitative estimate of drug-likeness (QED) is 0.656. The van der Waals surface area contributed by atoms with Crippen LogP contribution in [0.3, 0.4) is 0 Å². The molecule has 0 heterocycles. The predicted molar refractivity (Wildman–Crippen MR) is 47.9 cm³/mol. The maximum atomic E-state index is 9.06. The van der Waals surface area contributed by atoms with E-state index in [-0.39, 0.29) is 11.7 Å². The lowest BCUT2D eigenvalue weighted by molar-refractivity contribution is -0.0667. The van der Waals surface area contributed by atoms with E-state index < -0.39 is 0 Å². The Balaban J connectivity index is 2.34. The van der Waals surface area contributed by atoms with Crippen molar-refractivity contribution >= 4 is 0 Å². The molecule has 0 saturated heterocycles. The second kappa shape index (κ2) is 4.21. The Morgan fingerprint density at radius 3 is 2.50 bits per heavy atom. The summed E-state index contributed by atoms with van der Waals surface area (Å²) in [6, 6.07) is 0. The van der Waals surface area contributed by atoms with Crippen molar-refractivity contribution in [3.05, 3.63) is 0 Å². The summed E-state index contributed by atoms with van der Waals surface area (Å²) in [4.78, 5) is 0. The molecule has 0 aromatic rings. The van der Waals surface area contributed by atoms with Crippen LogP contribution in [0.1, 0.15) is 32.6 Å². The summed E-state index contributed by atoms with van der Waals surface area (Å²) < 4.78 is 5.63. The van der Waals surface area contributed by atoms with Gasteiger partial charge in [0.25, 0.3) is 0 Å². The van der Waals surface area contributed by atoms with Crippen molar-refractivity contribution in [3.63, 3.8) is 0 Å². The Morgan fingerprint density at radius 2 is 2.08 bits per heavy atom. The average Bonchev–Trinajstić information content (AvgIpc) is 2.50. The molecule has 1 aliphatic rings. The van der Waals surface area contributed by atoms with Crippen LogP contribution < -0.4 is 5.73 Å². The molecule has 1 saturated carbocycles. The van der Waals surface area contributed by atoms with Gasteiger partial charge >= 0.3 is 0 Å². The van der Waals surface area contributed by atoms with Gasteiger partial charge in [-0.05, 0) is 19.8 Å². The number of nitrogens with two attached hydrogens (primary N) is 1. The van der Waals surface area contributed by atoms with Gasteiger partial charge in [0.2, 0.25) is 0 Å². The highest BCUT2D eigenvalue weighted by Crippen LogP contribution is 2.32. The lowest BCUT2D eigenvalue weighted by atomic mass is 10.0. The van der Waals surface area contributed by atoms with Crippen LogP contribution in [-0.4, -0.2) is 30.0 Å². The number of aliphatic hydroxyl groups excluding tert-OH is 1. The van der Waals surface area contributed by atoms with E-state index in [1.165, 1.54) is 12.8 Å². The highest BCUT2D eigenvalue weighted by Gasteiger charge is 2.33. The highest BCUT2D eigenvalue weighted by atomic mass is 16.5. The third-order valence-corrected chi connectivity index (χ3v) is 2.52. The molecule has 0 amide bonds. The molecule has 3 N–H and O–H groups in total. The molecule has 0 aromatic heterocycles. The fourth-order valence-corrected chi connectivity index (χ4v) is 1.72. The zero-order chi connectivity index (χ0) is 9.03. The minimum Gasteiger partial charge on any atom is -0.391 e. The molecule has 0 aliphatic heterocycles. The Kier molecular flexibility index (Phi) is 3.50. The maximum absolute atomic E-state index is 9.06. The molecule has 1 atom stereocenters. The van der Waals surface area contributed by atoms with Gasteiger partial charge in [0.05, 0.1) is 18.3 Å². The standard InChI is InChI=1S/C9H19NO2/c1-8(11)6-12-9(7-10)4-2-3-5-9/h8,11H,2-7,10H2,1H3. The summed E-state index contributed by atoms with van der Waals surface area (Å²) in [5.41, 5.74) is 5.53. The summed E-state index contributed by atoms with van der Waals surface area (Å²) in [6.07, 6.45) is 4.13. The monoisotopic (exact) mass is 173 g/mol. The van der Waals surface area contributed by atoms with Crippen LogP contribution in [0.4, 0.5) is 0 Å². The fourth-order valence-electron chi connectivity index (χ4n) is 1.72.